The third-order valence-electron chi connectivity index (χ3n) is 4.70. The average Bonchev–Trinajstić information content (AvgIpc) is 2.71. The number of carboxylic acids is 1. The van der Waals surface area contributed by atoms with Gasteiger partial charge in [-0.3, -0.25) is 14.9 Å². The summed E-state index contributed by atoms with van der Waals surface area (Å²) in [6.45, 7) is 0. The number of hydrogen-bond donors (Lipinski definition) is 3. The molecule has 0 saturated carbocycles. The quantitative estimate of drug-likeness (QED) is 0.427. The second-order valence-electron chi connectivity index (χ2n) is 6.52. The van der Waals surface area contributed by atoms with E-state index in [9.17, 15) is 29.9 Å². The maximum absolute atomic E-state index is 12.9. The van der Waals surface area contributed by atoms with Crippen LogP contribution in [0.4, 0.5) is 5.69 Å². The number of para-hydroxylation sites is 1. The van der Waals surface area contributed by atoms with Gasteiger partial charge in [-0.05, 0) is 25.1 Å². The van der Waals surface area contributed by atoms with Crippen LogP contribution >= 0.6 is 0 Å². The average molecular weight is 401 g/mol. The Morgan fingerprint density at radius 3 is 2.28 bits per heavy atom. The lowest BCUT2D eigenvalue weighted by molar-refractivity contribution is -0.386. The van der Waals surface area contributed by atoms with Crippen molar-refractivity contribution in [3.05, 3.63) is 75.8 Å². The van der Waals surface area contributed by atoms with E-state index in [1.807, 2.05) is 30.3 Å². The Morgan fingerprint density at radius 1 is 1.14 bits per heavy atom. The van der Waals surface area contributed by atoms with Crippen molar-refractivity contribution < 1.29 is 24.7 Å². The molecule has 0 spiro atoms. The van der Waals surface area contributed by atoms with Gasteiger partial charge in [-0.25, -0.2) is 4.79 Å². The van der Waals surface area contributed by atoms with E-state index in [4.69, 9.17) is 0 Å². The molecule has 2 rings (SSSR count). The minimum Gasteiger partial charge on any atom is -0.480 e. The van der Waals surface area contributed by atoms with Crippen molar-refractivity contribution in [3.8, 4) is 0 Å². The second-order valence-corrected chi connectivity index (χ2v) is 6.52. The van der Waals surface area contributed by atoms with E-state index in [0.717, 1.165) is 10.5 Å². The molecule has 3 unspecified atom stereocenters. The Bertz CT molecular complexity index is 874. The molecular formula is C20H23N3O6. The van der Waals surface area contributed by atoms with Gasteiger partial charge in [0.25, 0.3) is 5.69 Å². The Labute approximate surface area is 167 Å². The molecule has 3 N–H and O–H groups in total. The number of rotatable bonds is 9. The predicted molar refractivity (Wildman–Crippen MR) is 105 cm³/mol. The summed E-state index contributed by atoms with van der Waals surface area (Å²) >= 11 is 0. The zero-order chi connectivity index (χ0) is 21.6. The number of aliphatic carboxylic acids is 1. The van der Waals surface area contributed by atoms with Crippen LogP contribution in [0.15, 0.2) is 54.6 Å². The van der Waals surface area contributed by atoms with Crippen molar-refractivity contribution >= 4 is 17.6 Å². The summed E-state index contributed by atoms with van der Waals surface area (Å²) in [6.07, 6.45) is -1.47. The van der Waals surface area contributed by atoms with Gasteiger partial charge in [-0.2, -0.15) is 0 Å². The standard InChI is InChI=1S/C20H23N3O6/c1-21-15(12-13-8-4-3-5-9-13)19(25)22(2)17(20(26)27)18(24)14-10-6-7-11-16(14)23(28)29/h3-11,15,17-18,21,24H,12H2,1-2H3,(H,26,27). The predicted octanol–water partition coefficient (Wildman–Crippen LogP) is 1.37. The summed E-state index contributed by atoms with van der Waals surface area (Å²) in [5, 5.41) is 34.4. The molecule has 0 aliphatic heterocycles. The number of nitro benzene ring substituents is 1. The molecule has 0 heterocycles. The Morgan fingerprint density at radius 2 is 1.72 bits per heavy atom. The van der Waals surface area contributed by atoms with Gasteiger partial charge in [0.1, 0.15) is 6.10 Å². The van der Waals surface area contributed by atoms with E-state index >= 15 is 0 Å². The van der Waals surface area contributed by atoms with E-state index in [0.29, 0.717) is 6.42 Å². The first-order chi connectivity index (χ1) is 13.8. The smallest absolute Gasteiger partial charge is 0.329 e. The van der Waals surface area contributed by atoms with Gasteiger partial charge in [0.15, 0.2) is 6.04 Å². The highest BCUT2D eigenvalue weighted by Gasteiger charge is 2.39. The van der Waals surface area contributed by atoms with Crippen LogP contribution < -0.4 is 5.32 Å². The summed E-state index contributed by atoms with van der Waals surface area (Å²) in [7, 11) is 2.84. The van der Waals surface area contributed by atoms with E-state index in [1.165, 1.54) is 31.3 Å². The van der Waals surface area contributed by atoms with Crippen molar-refractivity contribution in [3.63, 3.8) is 0 Å². The molecule has 3 atom stereocenters. The van der Waals surface area contributed by atoms with Gasteiger partial charge in [0.2, 0.25) is 5.91 Å². The van der Waals surface area contributed by atoms with Gasteiger partial charge in [-0.1, -0.05) is 42.5 Å². The first-order valence-electron chi connectivity index (χ1n) is 8.90. The number of hydrogen-bond acceptors (Lipinski definition) is 6. The fraction of sp³-hybridized carbons (Fsp3) is 0.300. The molecule has 2 aromatic rings. The lowest BCUT2D eigenvalue weighted by Crippen LogP contribution is -2.53. The highest BCUT2D eigenvalue weighted by Crippen LogP contribution is 2.29. The van der Waals surface area contributed by atoms with Crippen molar-refractivity contribution in [2.75, 3.05) is 14.1 Å². The molecule has 9 nitrogen and oxygen atoms in total. The Kier molecular flexibility index (Phi) is 7.40. The maximum Gasteiger partial charge on any atom is 0.329 e. The molecule has 0 aromatic heterocycles. The van der Waals surface area contributed by atoms with E-state index in [1.54, 1.807) is 7.05 Å². The minimum atomic E-state index is -1.78. The Balaban J connectivity index is 2.30. The van der Waals surface area contributed by atoms with Crippen molar-refractivity contribution in [2.45, 2.75) is 24.6 Å². The lowest BCUT2D eigenvalue weighted by Gasteiger charge is -2.31. The number of benzene rings is 2. The summed E-state index contributed by atoms with van der Waals surface area (Å²) in [5.41, 5.74) is 0.287. The number of carbonyl (C=O) groups excluding carboxylic acids is 1. The first kappa shape index (κ1) is 22.0. The number of nitrogens with one attached hydrogen (secondary N) is 1. The summed E-state index contributed by atoms with van der Waals surface area (Å²) in [5.74, 6) is -2.03. The van der Waals surface area contributed by atoms with Gasteiger partial charge in [0, 0.05) is 13.1 Å². The molecular weight excluding hydrogens is 378 g/mol. The first-order valence-corrected chi connectivity index (χ1v) is 8.90. The SMILES string of the molecule is CNC(Cc1ccccc1)C(=O)N(C)C(C(=O)O)C(O)c1ccccc1[N+](=O)[O-]. The topological polar surface area (TPSA) is 133 Å². The number of carbonyl (C=O) groups is 2. The fourth-order valence-electron chi connectivity index (χ4n) is 3.13. The summed E-state index contributed by atoms with van der Waals surface area (Å²) < 4.78 is 0. The van der Waals surface area contributed by atoms with Crippen molar-refractivity contribution in [2.24, 2.45) is 0 Å². The van der Waals surface area contributed by atoms with Crippen LogP contribution in [0.2, 0.25) is 0 Å². The van der Waals surface area contributed by atoms with Crippen LogP contribution in [0.25, 0.3) is 0 Å². The molecule has 9 heteroatoms. The molecule has 29 heavy (non-hydrogen) atoms. The van der Waals surface area contributed by atoms with E-state index in [-0.39, 0.29) is 5.56 Å². The maximum atomic E-state index is 12.9. The largest absolute Gasteiger partial charge is 0.480 e. The lowest BCUT2D eigenvalue weighted by atomic mass is 9.98. The van der Waals surface area contributed by atoms with Gasteiger partial charge in [-0.15, -0.1) is 0 Å². The zero-order valence-corrected chi connectivity index (χ0v) is 16.1. The van der Waals surface area contributed by atoms with Crippen LogP contribution in [0.1, 0.15) is 17.2 Å². The second kappa shape index (κ2) is 9.76. The molecule has 0 aliphatic carbocycles. The van der Waals surface area contributed by atoms with Crippen LogP contribution in [0, 0.1) is 10.1 Å². The monoisotopic (exact) mass is 401 g/mol. The van der Waals surface area contributed by atoms with E-state index in [2.05, 4.69) is 5.32 Å². The number of amides is 1. The van der Waals surface area contributed by atoms with Crippen LogP contribution in [0.5, 0.6) is 0 Å². The number of nitro groups is 1. The van der Waals surface area contributed by atoms with Crippen LogP contribution in [0.3, 0.4) is 0 Å². The normalized spacial score (nSPS) is 13.9. The van der Waals surface area contributed by atoms with Gasteiger partial charge < -0.3 is 20.4 Å². The number of likely N-dealkylation sites (N-methyl/N-ethyl adjacent to an activating group) is 2. The molecule has 0 bridgehead atoms. The van der Waals surface area contributed by atoms with Crippen LogP contribution in [-0.2, 0) is 16.0 Å². The van der Waals surface area contributed by atoms with Crippen molar-refractivity contribution in [1.29, 1.82) is 0 Å². The molecule has 1 amide bonds. The third kappa shape index (κ3) is 5.15. The van der Waals surface area contributed by atoms with Gasteiger partial charge >= 0.3 is 5.97 Å². The highest BCUT2D eigenvalue weighted by molar-refractivity contribution is 5.87. The Hall–Kier alpha value is -3.30. The number of aliphatic hydroxyl groups is 1. The summed E-state index contributed by atoms with van der Waals surface area (Å²) in [6, 6.07) is 12.1. The molecule has 0 saturated heterocycles. The summed E-state index contributed by atoms with van der Waals surface area (Å²) in [4.78, 5) is 36.2. The highest BCUT2D eigenvalue weighted by atomic mass is 16.6. The third-order valence-corrected chi connectivity index (χ3v) is 4.70. The molecule has 0 radical (unpaired) electrons. The zero-order valence-electron chi connectivity index (χ0n) is 16.1. The number of carboxylic acid groups (broad SMARTS) is 1. The molecule has 0 fully saturated rings. The van der Waals surface area contributed by atoms with Crippen molar-refractivity contribution in [1.82, 2.24) is 10.2 Å². The minimum absolute atomic E-state index is 0.173. The molecule has 154 valence electrons. The number of nitrogens with zero attached hydrogens (tertiary/aromatic N) is 2. The molecule has 0 aliphatic rings. The van der Waals surface area contributed by atoms with Gasteiger partial charge in [0.05, 0.1) is 16.5 Å². The fourth-order valence-corrected chi connectivity index (χ4v) is 3.13. The molecule has 2 aromatic carbocycles. The number of aliphatic hydroxyl groups excluding tert-OH is 1. The van der Waals surface area contributed by atoms with Crippen LogP contribution in [-0.4, -0.2) is 58.1 Å². The van der Waals surface area contributed by atoms with E-state index < -0.39 is 40.7 Å².